The molecule has 2 aromatic rings. The molecule has 0 radical (unpaired) electrons. The molecule has 7 nitrogen and oxygen atoms in total. The van der Waals surface area contributed by atoms with Crippen LogP contribution >= 0.6 is 0 Å². The van der Waals surface area contributed by atoms with Crippen molar-refractivity contribution in [2.24, 2.45) is 0 Å². The topological polar surface area (TPSA) is 81.8 Å². The predicted molar refractivity (Wildman–Crippen MR) is 101 cm³/mol. The molecule has 7 heteroatoms. The zero-order valence-electron chi connectivity index (χ0n) is 14.7. The van der Waals surface area contributed by atoms with Gasteiger partial charge in [-0.2, -0.15) is 0 Å². The summed E-state index contributed by atoms with van der Waals surface area (Å²) in [4.78, 5) is 38.6. The van der Waals surface area contributed by atoms with Crippen LogP contribution in [0.2, 0.25) is 0 Å². The lowest BCUT2D eigenvalue weighted by atomic mass is 10.1. The van der Waals surface area contributed by atoms with Gasteiger partial charge in [0.15, 0.2) is 0 Å². The van der Waals surface area contributed by atoms with Gasteiger partial charge >= 0.3 is 6.03 Å². The number of carbonyl (C=O) groups excluding carboxylic acids is 3. The lowest BCUT2D eigenvalue weighted by molar-refractivity contribution is -0.116. The lowest BCUT2D eigenvalue weighted by Crippen LogP contribution is -2.27. The molecule has 1 saturated heterocycles. The van der Waals surface area contributed by atoms with E-state index in [1.54, 1.807) is 60.5 Å². The highest BCUT2D eigenvalue weighted by Gasteiger charge is 2.21. The molecule has 26 heavy (non-hydrogen) atoms. The molecular weight excluding hydrogens is 332 g/mol. The first-order valence-electron chi connectivity index (χ1n) is 8.27. The van der Waals surface area contributed by atoms with Gasteiger partial charge in [0.1, 0.15) is 0 Å². The van der Waals surface area contributed by atoms with Gasteiger partial charge in [-0.3, -0.25) is 14.5 Å². The summed E-state index contributed by atoms with van der Waals surface area (Å²) in [7, 11) is 1.69. The molecule has 0 bridgehead atoms. The summed E-state index contributed by atoms with van der Waals surface area (Å²) in [6, 6.07) is 13.8. The second-order valence-electron chi connectivity index (χ2n) is 6.01. The minimum Gasteiger partial charge on any atom is -0.336 e. The fourth-order valence-electron chi connectivity index (χ4n) is 2.66. The maximum Gasteiger partial charge on any atom is 0.321 e. The molecule has 4 amide bonds. The smallest absolute Gasteiger partial charge is 0.321 e. The van der Waals surface area contributed by atoms with Gasteiger partial charge in [0.25, 0.3) is 5.91 Å². The lowest BCUT2D eigenvalue weighted by Gasteiger charge is -2.16. The second kappa shape index (κ2) is 7.26. The van der Waals surface area contributed by atoms with Gasteiger partial charge in [0.05, 0.1) is 0 Å². The number of benzene rings is 2. The van der Waals surface area contributed by atoms with Gasteiger partial charge in [0, 0.05) is 49.7 Å². The summed E-state index contributed by atoms with van der Waals surface area (Å²) in [6.45, 7) is 2.73. The van der Waals surface area contributed by atoms with Crippen LogP contribution in [0.15, 0.2) is 48.5 Å². The molecular formula is C19H20N4O3. The Bertz CT molecular complexity index is 831. The third-order valence-corrected chi connectivity index (χ3v) is 4.28. The van der Waals surface area contributed by atoms with Gasteiger partial charge in [0.2, 0.25) is 5.91 Å². The van der Waals surface area contributed by atoms with Crippen LogP contribution in [0.3, 0.4) is 0 Å². The Morgan fingerprint density at radius 1 is 1.08 bits per heavy atom. The third kappa shape index (κ3) is 3.66. The summed E-state index contributed by atoms with van der Waals surface area (Å²) >= 11 is 0. The van der Waals surface area contributed by atoms with Crippen LogP contribution in [-0.4, -0.2) is 38.0 Å². The van der Waals surface area contributed by atoms with Gasteiger partial charge in [-0.25, -0.2) is 4.79 Å². The van der Waals surface area contributed by atoms with E-state index in [1.165, 1.54) is 11.8 Å². The number of amides is 4. The molecule has 1 heterocycles. The number of carbonyl (C=O) groups is 3. The number of hydrogen-bond donors (Lipinski definition) is 2. The second-order valence-corrected chi connectivity index (χ2v) is 6.01. The van der Waals surface area contributed by atoms with E-state index < -0.39 is 0 Å². The average Bonchev–Trinajstić information content (AvgIpc) is 3.07. The standard InChI is InChI=1S/C19H20N4O3/c1-13(24)22(2)16-9-5-15(6-10-16)21-18(25)14-3-7-17(8-4-14)23-12-11-20-19(23)26/h3-10H,11-12H2,1-2H3,(H,20,26)(H,21,25). The molecule has 3 rings (SSSR count). The Labute approximate surface area is 151 Å². The van der Waals surface area contributed by atoms with Crippen LogP contribution in [-0.2, 0) is 4.79 Å². The molecule has 0 saturated carbocycles. The minimum absolute atomic E-state index is 0.0615. The van der Waals surface area contributed by atoms with E-state index in [2.05, 4.69) is 10.6 Å². The number of rotatable bonds is 4. The molecule has 0 spiro atoms. The predicted octanol–water partition coefficient (Wildman–Crippen LogP) is 2.45. The maximum absolute atomic E-state index is 12.4. The van der Waals surface area contributed by atoms with E-state index in [0.29, 0.717) is 24.3 Å². The normalized spacial score (nSPS) is 13.3. The Kier molecular flexibility index (Phi) is 4.88. The first kappa shape index (κ1) is 17.5. The van der Waals surface area contributed by atoms with Crippen molar-refractivity contribution in [2.45, 2.75) is 6.92 Å². The highest BCUT2D eigenvalue weighted by molar-refractivity contribution is 6.05. The molecule has 1 aliphatic rings. The van der Waals surface area contributed by atoms with Crippen LogP contribution in [0.25, 0.3) is 0 Å². The summed E-state index contributed by atoms with van der Waals surface area (Å²) < 4.78 is 0. The van der Waals surface area contributed by atoms with E-state index >= 15 is 0 Å². The van der Waals surface area contributed by atoms with Crippen LogP contribution < -0.4 is 20.4 Å². The highest BCUT2D eigenvalue weighted by atomic mass is 16.2. The van der Waals surface area contributed by atoms with Crippen molar-refractivity contribution < 1.29 is 14.4 Å². The molecule has 0 aliphatic carbocycles. The first-order chi connectivity index (χ1) is 12.5. The first-order valence-corrected chi connectivity index (χ1v) is 8.27. The van der Waals surface area contributed by atoms with Crippen molar-refractivity contribution in [3.63, 3.8) is 0 Å². The number of nitrogens with one attached hydrogen (secondary N) is 2. The van der Waals surface area contributed by atoms with E-state index in [1.807, 2.05) is 0 Å². The van der Waals surface area contributed by atoms with Crippen molar-refractivity contribution in [2.75, 3.05) is 35.3 Å². The Balaban J connectivity index is 1.66. The van der Waals surface area contributed by atoms with Gasteiger partial charge in [-0.1, -0.05) is 0 Å². The summed E-state index contributed by atoms with van der Waals surface area (Å²) in [5.74, 6) is -0.302. The Morgan fingerprint density at radius 3 is 2.27 bits per heavy atom. The maximum atomic E-state index is 12.4. The van der Waals surface area contributed by atoms with E-state index in [-0.39, 0.29) is 17.8 Å². The number of nitrogens with zero attached hydrogens (tertiary/aromatic N) is 2. The zero-order valence-corrected chi connectivity index (χ0v) is 14.7. The van der Waals surface area contributed by atoms with Crippen molar-refractivity contribution >= 4 is 34.9 Å². The molecule has 1 aliphatic heterocycles. The number of anilines is 3. The number of urea groups is 1. The number of hydrogen-bond acceptors (Lipinski definition) is 3. The molecule has 2 N–H and O–H groups in total. The summed E-state index contributed by atoms with van der Waals surface area (Å²) in [6.07, 6.45) is 0. The molecule has 0 aromatic heterocycles. The molecule has 134 valence electrons. The Morgan fingerprint density at radius 2 is 1.73 bits per heavy atom. The van der Waals surface area contributed by atoms with Gasteiger partial charge < -0.3 is 15.5 Å². The fourth-order valence-corrected chi connectivity index (χ4v) is 2.66. The summed E-state index contributed by atoms with van der Waals surface area (Å²) in [5.41, 5.74) is 2.65. The largest absolute Gasteiger partial charge is 0.336 e. The van der Waals surface area contributed by atoms with Crippen LogP contribution in [0.5, 0.6) is 0 Å². The fraction of sp³-hybridized carbons (Fsp3) is 0.211. The van der Waals surface area contributed by atoms with E-state index in [0.717, 1.165) is 11.4 Å². The molecule has 0 atom stereocenters. The van der Waals surface area contributed by atoms with Crippen LogP contribution in [0.4, 0.5) is 21.9 Å². The zero-order chi connectivity index (χ0) is 18.7. The van der Waals surface area contributed by atoms with Crippen LogP contribution in [0, 0.1) is 0 Å². The summed E-state index contributed by atoms with van der Waals surface area (Å²) in [5, 5.41) is 5.56. The Hall–Kier alpha value is -3.35. The van der Waals surface area contributed by atoms with Gasteiger partial charge in [-0.15, -0.1) is 0 Å². The van der Waals surface area contributed by atoms with E-state index in [4.69, 9.17) is 0 Å². The van der Waals surface area contributed by atoms with Gasteiger partial charge in [-0.05, 0) is 48.5 Å². The third-order valence-electron chi connectivity index (χ3n) is 4.28. The minimum atomic E-state index is -0.241. The molecule has 1 fully saturated rings. The van der Waals surface area contributed by atoms with Crippen LogP contribution in [0.1, 0.15) is 17.3 Å². The highest BCUT2D eigenvalue weighted by Crippen LogP contribution is 2.20. The van der Waals surface area contributed by atoms with Crippen molar-refractivity contribution in [3.8, 4) is 0 Å². The van der Waals surface area contributed by atoms with Crippen molar-refractivity contribution in [1.82, 2.24) is 5.32 Å². The van der Waals surface area contributed by atoms with Crippen molar-refractivity contribution in [3.05, 3.63) is 54.1 Å². The SMILES string of the molecule is CC(=O)N(C)c1ccc(NC(=O)c2ccc(N3CCNC3=O)cc2)cc1. The molecule has 0 unspecified atom stereocenters. The monoisotopic (exact) mass is 352 g/mol. The quantitative estimate of drug-likeness (QED) is 0.887. The average molecular weight is 352 g/mol. The van der Waals surface area contributed by atoms with Crippen molar-refractivity contribution in [1.29, 1.82) is 0 Å². The molecule has 2 aromatic carbocycles. The van der Waals surface area contributed by atoms with E-state index in [9.17, 15) is 14.4 Å².